The summed E-state index contributed by atoms with van der Waals surface area (Å²) in [5.41, 5.74) is -1.99. The summed E-state index contributed by atoms with van der Waals surface area (Å²) < 4.78 is 41.9. The zero-order valence-electron chi connectivity index (χ0n) is 17.6. The smallest absolute Gasteiger partial charge is 0.296 e. The van der Waals surface area contributed by atoms with Gasteiger partial charge in [-0.2, -0.15) is 17.0 Å². The van der Waals surface area contributed by atoms with E-state index in [1.807, 2.05) is 0 Å². The van der Waals surface area contributed by atoms with Crippen molar-refractivity contribution in [2.24, 2.45) is 0 Å². The largest absolute Gasteiger partial charge is 0.501 e. The number of nitrogens with zero attached hydrogens (tertiary/aromatic N) is 4. The second-order valence-corrected chi connectivity index (χ2v) is 9.89. The Bertz CT molecular complexity index is 1180. The minimum absolute atomic E-state index is 0.00233. The molecule has 2 N–H and O–H groups in total. The molecule has 1 aliphatic heterocycles. The van der Waals surface area contributed by atoms with Gasteiger partial charge in [0.15, 0.2) is 5.69 Å². The highest BCUT2D eigenvalue weighted by Gasteiger charge is 2.45. The number of rotatable bonds is 5. The molecule has 12 heteroatoms. The summed E-state index contributed by atoms with van der Waals surface area (Å²) >= 11 is 0. The lowest BCUT2D eigenvalue weighted by Crippen LogP contribution is -2.57. The van der Waals surface area contributed by atoms with Crippen molar-refractivity contribution in [3.8, 4) is 5.75 Å². The van der Waals surface area contributed by atoms with E-state index in [4.69, 9.17) is 0 Å². The first-order valence-corrected chi connectivity index (χ1v) is 10.8. The molecule has 0 aliphatic carbocycles. The molecule has 0 saturated carbocycles. The fraction of sp³-hybridized carbons (Fsp3) is 0.421. The highest BCUT2D eigenvalue weighted by molar-refractivity contribution is 7.86. The Morgan fingerprint density at radius 2 is 1.87 bits per heavy atom. The maximum atomic E-state index is 13.0. The summed E-state index contributed by atoms with van der Waals surface area (Å²) in [6, 6.07) is 5.45. The third-order valence-electron chi connectivity index (χ3n) is 5.16. The predicted octanol–water partition coefficient (Wildman–Crippen LogP) is 0.375. The van der Waals surface area contributed by atoms with Crippen LogP contribution in [0.4, 0.5) is 4.39 Å². The first-order chi connectivity index (χ1) is 14.4. The van der Waals surface area contributed by atoms with E-state index in [-0.39, 0.29) is 25.5 Å². The molecular weight excluding hydrogens is 429 g/mol. The average Bonchev–Trinajstić information content (AvgIpc) is 2.69. The van der Waals surface area contributed by atoms with E-state index in [1.165, 1.54) is 47.2 Å². The van der Waals surface area contributed by atoms with Gasteiger partial charge in [-0.25, -0.2) is 9.37 Å². The fourth-order valence-electron chi connectivity index (χ4n) is 3.43. The SMILES string of the molecule is CN(C)S(=O)(=O)N1CCn2c(nc(C(=O)NCc3ccc(F)cc3)c(O)c2=O)C1(C)C. The molecule has 168 valence electrons. The molecule has 0 unspecified atom stereocenters. The summed E-state index contributed by atoms with van der Waals surface area (Å²) in [6.07, 6.45) is 0. The van der Waals surface area contributed by atoms with Gasteiger partial charge in [-0.1, -0.05) is 12.1 Å². The number of halogens is 1. The van der Waals surface area contributed by atoms with Crippen LogP contribution in [-0.4, -0.2) is 58.2 Å². The molecule has 0 radical (unpaired) electrons. The first-order valence-electron chi connectivity index (χ1n) is 9.44. The molecule has 2 aromatic rings. The van der Waals surface area contributed by atoms with Crippen LogP contribution in [0.5, 0.6) is 5.75 Å². The third kappa shape index (κ3) is 4.05. The first kappa shape index (κ1) is 22.8. The van der Waals surface area contributed by atoms with E-state index in [0.717, 1.165) is 4.31 Å². The second-order valence-electron chi connectivity index (χ2n) is 7.82. The Balaban J connectivity index is 1.98. The van der Waals surface area contributed by atoms with Crippen molar-refractivity contribution >= 4 is 16.1 Å². The number of nitrogens with one attached hydrogen (secondary N) is 1. The highest BCUT2D eigenvalue weighted by Crippen LogP contribution is 2.33. The van der Waals surface area contributed by atoms with E-state index < -0.39 is 44.5 Å². The van der Waals surface area contributed by atoms with Crippen LogP contribution in [0.2, 0.25) is 0 Å². The Morgan fingerprint density at radius 1 is 1.26 bits per heavy atom. The van der Waals surface area contributed by atoms with Gasteiger partial charge in [0.1, 0.15) is 11.6 Å². The van der Waals surface area contributed by atoms with Crippen LogP contribution >= 0.6 is 0 Å². The van der Waals surface area contributed by atoms with Crippen molar-refractivity contribution in [2.75, 3.05) is 20.6 Å². The summed E-state index contributed by atoms with van der Waals surface area (Å²) in [5, 5.41) is 12.8. The van der Waals surface area contributed by atoms with Gasteiger partial charge in [0, 0.05) is 33.7 Å². The van der Waals surface area contributed by atoms with Gasteiger partial charge in [-0.15, -0.1) is 0 Å². The van der Waals surface area contributed by atoms with Crippen LogP contribution in [0.3, 0.4) is 0 Å². The average molecular weight is 453 g/mol. The van der Waals surface area contributed by atoms with Gasteiger partial charge < -0.3 is 10.4 Å². The molecule has 1 aliphatic rings. The minimum Gasteiger partial charge on any atom is -0.501 e. The fourth-order valence-corrected chi connectivity index (χ4v) is 4.79. The number of hydrogen-bond acceptors (Lipinski definition) is 6. The maximum absolute atomic E-state index is 13.0. The van der Waals surface area contributed by atoms with E-state index in [1.54, 1.807) is 13.8 Å². The van der Waals surface area contributed by atoms with E-state index in [2.05, 4.69) is 10.3 Å². The number of aromatic nitrogens is 2. The molecule has 0 spiro atoms. The molecule has 3 rings (SSSR count). The summed E-state index contributed by atoms with van der Waals surface area (Å²) in [6.45, 7) is 3.13. The van der Waals surface area contributed by atoms with Crippen molar-refractivity contribution in [3.05, 3.63) is 57.5 Å². The molecule has 31 heavy (non-hydrogen) atoms. The predicted molar refractivity (Wildman–Crippen MR) is 110 cm³/mol. The van der Waals surface area contributed by atoms with Gasteiger partial charge >= 0.3 is 0 Å². The summed E-state index contributed by atoms with van der Waals surface area (Å²) in [5.74, 6) is -2.01. The summed E-state index contributed by atoms with van der Waals surface area (Å²) in [4.78, 5) is 29.5. The van der Waals surface area contributed by atoms with Gasteiger partial charge in [-0.3, -0.25) is 14.2 Å². The topological polar surface area (TPSA) is 125 Å². The Hall–Kier alpha value is -2.83. The monoisotopic (exact) mass is 453 g/mol. The molecule has 0 fully saturated rings. The third-order valence-corrected chi connectivity index (χ3v) is 7.28. The molecule has 0 bridgehead atoms. The molecule has 0 saturated heterocycles. The van der Waals surface area contributed by atoms with Gasteiger partial charge in [0.05, 0.1) is 5.54 Å². The molecule has 10 nitrogen and oxygen atoms in total. The second kappa shape index (κ2) is 8.02. The van der Waals surface area contributed by atoms with Gasteiger partial charge in [-0.05, 0) is 31.5 Å². The number of amides is 1. The van der Waals surface area contributed by atoms with Crippen molar-refractivity contribution in [1.82, 2.24) is 23.5 Å². The molecule has 1 amide bonds. The Morgan fingerprint density at radius 3 is 2.45 bits per heavy atom. The van der Waals surface area contributed by atoms with Crippen LogP contribution in [0.1, 0.15) is 35.7 Å². The Labute approximate surface area is 179 Å². The number of benzene rings is 1. The molecule has 1 aromatic carbocycles. The number of carbonyl (C=O) groups excluding carboxylic acids is 1. The van der Waals surface area contributed by atoms with Crippen molar-refractivity contribution < 1.29 is 22.7 Å². The minimum atomic E-state index is -3.84. The number of carbonyl (C=O) groups is 1. The van der Waals surface area contributed by atoms with Crippen LogP contribution in [-0.2, 0) is 28.8 Å². The van der Waals surface area contributed by atoms with E-state index >= 15 is 0 Å². The summed E-state index contributed by atoms with van der Waals surface area (Å²) in [7, 11) is -1.05. The van der Waals surface area contributed by atoms with E-state index in [9.17, 15) is 27.5 Å². The van der Waals surface area contributed by atoms with Crippen LogP contribution < -0.4 is 10.9 Å². The number of hydrogen-bond donors (Lipinski definition) is 2. The lowest BCUT2D eigenvalue weighted by atomic mass is 10.0. The molecule has 0 atom stereocenters. The lowest BCUT2D eigenvalue weighted by Gasteiger charge is -2.42. The van der Waals surface area contributed by atoms with E-state index in [0.29, 0.717) is 5.56 Å². The quantitative estimate of drug-likeness (QED) is 0.674. The lowest BCUT2D eigenvalue weighted by molar-refractivity contribution is 0.0938. The van der Waals surface area contributed by atoms with Crippen molar-refractivity contribution in [1.29, 1.82) is 0 Å². The number of fused-ring (bicyclic) bond motifs is 1. The molecule has 1 aromatic heterocycles. The molecule has 2 heterocycles. The Kier molecular flexibility index (Phi) is 5.91. The van der Waals surface area contributed by atoms with Gasteiger partial charge in [0.2, 0.25) is 5.75 Å². The molecular formula is C19H24FN5O5S. The van der Waals surface area contributed by atoms with Crippen LogP contribution in [0.15, 0.2) is 29.1 Å². The normalized spacial score (nSPS) is 16.2. The standard InChI is InChI=1S/C19H24FN5O5S/c1-19(2)18-22-14(16(27)21-11-12-5-7-13(20)8-6-12)15(26)17(28)24(18)9-10-25(19)31(29,30)23(3)4/h5-8,26H,9-11H2,1-4H3,(H,21,27). The van der Waals surface area contributed by atoms with Crippen molar-refractivity contribution in [2.45, 2.75) is 32.5 Å². The highest BCUT2D eigenvalue weighted by atomic mass is 32.2. The zero-order valence-corrected chi connectivity index (χ0v) is 18.4. The number of aromatic hydroxyl groups is 1. The van der Waals surface area contributed by atoms with Crippen LogP contribution in [0, 0.1) is 5.82 Å². The van der Waals surface area contributed by atoms with Gasteiger partial charge in [0.25, 0.3) is 21.7 Å². The van der Waals surface area contributed by atoms with Crippen molar-refractivity contribution in [3.63, 3.8) is 0 Å². The zero-order chi connectivity index (χ0) is 23.1. The van der Waals surface area contributed by atoms with Crippen LogP contribution in [0.25, 0.3) is 0 Å². The maximum Gasteiger partial charge on any atom is 0.296 e.